The second-order valence-electron chi connectivity index (χ2n) is 2.00. The third-order valence-electron chi connectivity index (χ3n) is 1.29. The van der Waals surface area contributed by atoms with Crippen molar-refractivity contribution in [1.82, 2.24) is 5.32 Å². The van der Waals surface area contributed by atoms with E-state index >= 15 is 0 Å². The molecule has 1 heterocycles. The minimum Gasteiger partial charge on any atom is -0.480 e. The fourth-order valence-electron chi connectivity index (χ4n) is 0.799. The van der Waals surface area contributed by atoms with Crippen LogP contribution in [0, 0.1) is 0 Å². The molecular formula is C5H7NNaO3+. The van der Waals surface area contributed by atoms with Gasteiger partial charge in [-0.2, -0.15) is 0 Å². The maximum absolute atomic E-state index is 10.4. The predicted molar refractivity (Wildman–Crippen MR) is 28.8 cm³/mol. The molecule has 50 valence electrons. The average Bonchev–Trinajstić information content (AvgIpc) is 2.14. The van der Waals surface area contributed by atoms with E-state index in [1.165, 1.54) is 0 Å². The first-order valence-electron chi connectivity index (χ1n) is 2.72. The van der Waals surface area contributed by atoms with Crippen LogP contribution in [0.25, 0.3) is 0 Å². The van der Waals surface area contributed by atoms with Crippen LogP contribution in [0.15, 0.2) is 0 Å². The number of nitrogens with one attached hydrogen (secondary N) is 1. The van der Waals surface area contributed by atoms with Crippen LogP contribution in [0.2, 0.25) is 0 Å². The summed E-state index contributed by atoms with van der Waals surface area (Å²) in [5, 5.41) is 10.6. The quantitative estimate of drug-likeness (QED) is 0.381. The SMILES string of the molecule is O=C1CCC(C(=O)O)N1.[Na+]. The zero-order valence-corrected chi connectivity index (χ0v) is 7.76. The number of carbonyl (C=O) groups is 2. The number of carboxylic acid groups (broad SMARTS) is 1. The van der Waals surface area contributed by atoms with E-state index in [1.807, 2.05) is 0 Å². The Morgan fingerprint density at radius 3 is 2.50 bits per heavy atom. The van der Waals surface area contributed by atoms with Crippen molar-refractivity contribution in [3.8, 4) is 0 Å². The fourth-order valence-corrected chi connectivity index (χ4v) is 0.799. The molecule has 0 aromatic rings. The summed E-state index contributed by atoms with van der Waals surface area (Å²) in [6.07, 6.45) is 0.769. The summed E-state index contributed by atoms with van der Waals surface area (Å²) in [6, 6.07) is -0.641. The average molecular weight is 152 g/mol. The monoisotopic (exact) mass is 152 g/mol. The molecule has 0 saturated carbocycles. The van der Waals surface area contributed by atoms with E-state index in [0.717, 1.165) is 0 Å². The van der Waals surface area contributed by atoms with Crippen molar-refractivity contribution in [3.05, 3.63) is 0 Å². The van der Waals surface area contributed by atoms with Crippen molar-refractivity contribution in [2.75, 3.05) is 0 Å². The van der Waals surface area contributed by atoms with E-state index in [1.54, 1.807) is 0 Å². The molecule has 10 heavy (non-hydrogen) atoms. The minimum atomic E-state index is -0.944. The molecule has 1 atom stereocenters. The van der Waals surface area contributed by atoms with Crippen LogP contribution in [0.4, 0.5) is 0 Å². The second-order valence-corrected chi connectivity index (χ2v) is 2.00. The van der Waals surface area contributed by atoms with E-state index in [4.69, 9.17) is 5.11 Å². The molecule has 0 bridgehead atoms. The summed E-state index contributed by atoms with van der Waals surface area (Å²) in [7, 11) is 0. The Bertz CT molecular complexity index is 159. The minimum absolute atomic E-state index is 0. The molecule has 5 heteroatoms. The van der Waals surface area contributed by atoms with Gasteiger partial charge in [-0.1, -0.05) is 0 Å². The van der Waals surface area contributed by atoms with Crippen LogP contribution in [-0.4, -0.2) is 23.0 Å². The smallest absolute Gasteiger partial charge is 0.480 e. The van der Waals surface area contributed by atoms with Gasteiger partial charge in [-0.05, 0) is 6.42 Å². The van der Waals surface area contributed by atoms with Gasteiger partial charge < -0.3 is 10.4 Å². The van der Waals surface area contributed by atoms with Crippen LogP contribution in [0.3, 0.4) is 0 Å². The Labute approximate surface area is 80.3 Å². The molecular weight excluding hydrogens is 145 g/mol. The molecule has 1 saturated heterocycles. The van der Waals surface area contributed by atoms with Crippen molar-refractivity contribution >= 4 is 11.9 Å². The Morgan fingerprint density at radius 1 is 1.70 bits per heavy atom. The number of aliphatic carboxylic acids is 1. The molecule has 0 radical (unpaired) electrons. The first kappa shape index (κ1) is 9.94. The molecule has 0 aromatic heterocycles. The first-order valence-corrected chi connectivity index (χ1v) is 2.72. The number of carboxylic acids is 1. The largest absolute Gasteiger partial charge is 1.00 e. The van der Waals surface area contributed by atoms with Gasteiger partial charge in [0.2, 0.25) is 5.91 Å². The molecule has 1 aliphatic rings. The molecule has 1 amide bonds. The van der Waals surface area contributed by atoms with Gasteiger partial charge in [-0.25, -0.2) is 4.79 Å². The van der Waals surface area contributed by atoms with Gasteiger partial charge in [0, 0.05) is 6.42 Å². The van der Waals surface area contributed by atoms with Crippen molar-refractivity contribution in [1.29, 1.82) is 0 Å². The number of hydrogen-bond donors (Lipinski definition) is 2. The molecule has 1 aliphatic heterocycles. The van der Waals surface area contributed by atoms with Gasteiger partial charge >= 0.3 is 35.5 Å². The molecule has 0 spiro atoms. The van der Waals surface area contributed by atoms with E-state index in [9.17, 15) is 9.59 Å². The Hall–Kier alpha value is -0.0600. The van der Waals surface area contributed by atoms with Gasteiger partial charge in [0.1, 0.15) is 6.04 Å². The summed E-state index contributed by atoms with van der Waals surface area (Å²) >= 11 is 0. The summed E-state index contributed by atoms with van der Waals surface area (Å²) in [4.78, 5) is 20.5. The van der Waals surface area contributed by atoms with E-state index in [-0.39, 0.29) is 35.5 Å². The summed E-state index contributed by atoms with van der Waals surface area (Å²) in [6.45, 7) is 0. The first-order chi connectivity index (χ1) is 4.20. The van der Waals surface area contributed by atoms with E-state index < -0.39 is 12.0 Å². The van der Waals surface area contributed by atoms with Crippen LogP contribution in [0.5, 0.6) is 0 Å². The number of hydrogen-bond acceptors (Lipinski definition) is 2. The normalized spacial score (nSPS) is 23.2. The van der Waals surface area contributed by atoms with Gasteiger partial charge in [0.05, 0.1) is 0 Å². The topological polar surface area (TPSA) is 66.4 Å². The summed E-state index contributed by atoms with van der Waals surface area (Å²) < 4.78 is 0. The van der Waals surface area contributed by atoms with Gasteiger partial charge in [-0.3, -0.25) is 4.79 Å². The van der Waals surface area contributed by atoms with Crippen molar-refractivity contribution in [2.24, 2.45) is 0 Å². The standard InChI is InChI=1S/C5H7NO3.Na/c7-4-2-1-3(6-4)5(8)9;/h3H,1-2H2,(H,6,7)(H,8,9);/q;+1. The molecule has 0 aliphatic carbocycles. The molecule has 1 fully saturated rings. The Balaban J connectivity index is 0.000000810. The van der Waals surface area contributed by atoms with Crippen molar-refractivity contribution in [2.45, 2.75) is 18.9 Å². The zero-order valence-electron chi connectivity index (χ0n) is 5.76. The molecule has 0 aromatic carbocycles. The fraction of sp³-hybridized carbons (Fsp3) is 0.600. The van der Waals surface area contributed by atoms with Gasteiger partial charge in [0.15, 0.2) is 0 Å². The summed E-state index contributed by atoms with van der Waals surface area (Å²) in [5.74, 6) is -1.11. The number of carbonyl (C=O) groups excluding carboxylic acids is 1. The number of amides is 1. The predicted octanol–water partition coefficient (Wildman–Crippen LogP) is -3.65. The molecule has 1 rings (SSSR count). The maximum atomic E-state index is 10.4. The molecule has 2 N–H and O–H groups in total. The molecule has 1 unspecified atom stereocenters. The summed E-state index contributed by atoms with van der Waals surface area (Å²) in [5.41, 5.74) is 0. The van der Waals surface area contributed by atoms with Crippen LogP contribution in [-0.2, 0) is 9.59 Å². The van der Waals surface area contributed by atoms with E-state index in [0.29, 0.717) is 12.8 Å². The van der Waals surface area contributed by atoms with Crippen LogP contribution < -0.4 is 34.9 Å². The second kappa shape index (κ2) is 3.95. The third-order valence-corrected chi connectivity index (χ3v) is 1.29. The zero-order chi connectivity index (χ0) is 6.85. The Morgan fingerprint density at radius 2 is 2.30 bits per heavy atom. The van der Waals surface area contributed by atoms with Crippen molar-refractivity contribution in [3.63, 3.8) is 0 Å². The van der Waals surface area contributed by atoms with E-state index in [2.05, 4.69) is 5.32 Å². The van der Waals surface area contributed by atoms with Crippen LogP contribution in [0.1, 0.15) is 12.8 Å². The van der Waals surface area contributed by atoms with Crippen LogP contribution >= 0.6 is 0 Å². The Kier molecular flexibility index (Phi) is 3.93. The van der Waals surface area contributed by atoms with Gasteiger partial charge in [0.25, 0.3) is 0 Å². The third kappa shape index (κ3) is 2.28. The maximum Gasteiger partial charge on any atom is 1.00 e. The number of rotatable bonds is 1. The van der Waals surface area contributed by atoms with Crippen molar-refractivity contribution < 1.29 is 44.3 Å². The van der Waals surface area contributed by atoms with Gasteiger partial charge in [-0.15, -0.1) is 0 Å². The molecule has 4 nitrogen and oxygen atoms in total.